The van der Waals surface area contributed by atoms with E-state index in [2.05, 4.69) is 0 Å². The summed E-state index contributed by atoms with van der Waals surface area (Å²) < 4.78 is 65.6. The Morgan fingerprint density at radius 1 is 0.848 bits per heavy atom. The summed E-state index contributed by atoms with van der Waals surface area (Å²) in [5, 5.41) is 10.4. The SMILES string of the molecule is COc1ccc(CN(Cc2ccc(OC)cc2)S(=O)(=O)C[C@H](O)c2cc(F)ccc2F)cc1. The highest BCUT2D eigenvalue weighted by molar-refractivity contribution is 7.89. The number of rotatable bonds is 10. The van der Waals surface area contributed by atoms with Crippen LogP contribution in [0.25, 0.3) is 0 Å². The fourth-order valence-electron chi connectivity index (χ4n) is 3.29. The maximum atomic E-state index is 14.1. The number of aliphatic hydroxyl groups excluding tert-OH is 1. The van der Waals surface area contributed by atoms with Crippen molar-refractivity contribution in [2.24, 2.45) is 0 Å². The molecule has 0 unspecified atom stereocenters. The topological polar surface area (TPSA) is 76.1 Å². The zero-order valence-corrected chi connectivity index (χ0v) is 19.1. The van der Waals surface area contributed by atoms with Crippen molar-refractivity contribution in [1.82, 2.24) is 4.31 Å². The van der Waals surface area contributed by atoms with Crippen LogP contribution in [0.15, 0.2) is 66.7 Å². The van der Waals surface area contributed by atoms with Gasteiger partial charge >= 0.3 is 0 Å². The van der Waals surface area contributed by atoms with Crippen LogP contribution in [0.2, 0.25) is 0 Å². The highest BCUT2D eigenvalue weighted by Gasteiger charge is 2.28. The second-order valence-corrected chi connectivity index (χ2v) is 9.44. The van der Waals surface area contributed by atoms with Crippen molar-refractivity contribution in [3.63, 3.8) is 0 Å². The van der Waals surface area contributed by atoms with E-state index in [9.17, 15) is 22.3 Å². The largest absolute Gasteiger partial charge is 0.497 e. The third kappa shape index (κ3) is 6.50. The van der Waals surface area contributed by atoms with Crippen LogP contribution in [0.3, 0.4) is 0 Å². The quantitative estimate of drug-likeness (QED) is 0.477. The molecule has 0 aromatic heterocycles. The molecule has 0 fully saturated rings. The van der Waals surface area contributed by atoms with E-state index in [1.165, 1.54) is 18.5 Å². The van der Waals surface area contributed by atoms with Gasteiger partial charge in [-0.3, -0.25) is 0 Å². The predicted molar refractivity (Wildman–Crippen MR) is 120 cm³/mol. The van der Waals surface area contributed by atoms with Crippen LogP contribution in [0.5, 0.6) is 11.5 Å². The number of ether oxygens (including phenoxy) is 2. The molecule has 1 N–H and O–H groups in total. The summed E-state index contributed by atoms with van der Waals surface area (Å²) in [6.07, 6.45) is -1.74. The van der Waals surface area contributed by atoms with Crippen LogP contribution in [-0.2, 0) is 23.1 Å². The summed E-state index contributed by atoms with van der Waals surface area (Å²) in [6.45, 7) is 0.0212. The Labute approximate surface area is 192 Å². The van der Waals surface area contributed by atoms with E-state index in [-0.39, 0.29) is 13.1 Å². The number of aliphatic hydroxyl groups is 1. The van der Waals surface area contributed by atoms with Crippen LogP contribution in [0.4, 0.5) is 8.78 Å². The molecule has 176 valence electrons. The van der Waals surface area contributed by atoms with Gasteiger partial charge in [-0.15, -0.1) is 0 Å². The van der Waals surface area contributed by atoms with Gasteiger partial charge in [0.2, 0.25) is 10.0 Å². The minimum Gasteiger partial charge on any atom is -0.497 e. The summed E-state index contributed by atoms with van der Waals surface area (Å²) in [5.41, 5.74) is 0.978. The summed E-state index contributed by atoms with van der Waals surface area (Å²) in [6, 6.07) is 16.3. The first kappa shape index (κ1) is 24.6. The van der Waals surface area contributed by atoms with Crippen molar-refractivity contribution in [2.45, 2.75) is 19.2 Å². The number of benzene rings is 3. The normalized spacial score (nSPS) is 12.5. The zero-order valence-electron chi connectivity index (χ0n) is 18.2. The van der Waals surface area contributed by atoms with Gasteiger partial charge in [0.1, 0.15) is 23.1 Å². The van der Waals surface area contributed by atoms with Crippen molar-refractivity contribution in [1.29, 1.82) is 0 Å². The molecule has 3 rings (SSSR count). The van der Waals surface area contributed by atoms with Gasteiger partial charge in [0.15, 0.2) is 0 Å². The molecular weight excluding hydrogens is 452 g/mol. The van der Waals surface area contributed by atoms with E-state index in [1.807, 2.05) is 0 Å². The molecule has 3 aromatic rings. The van der Waals surface area contributed by atoms with Crippen LogP contribution in [0, 0.1) is 11.6 Å². The van der Waals surface area contributed by atoms with Crippen molar-refractivity contribution in [3.05, 3.63) is 95.1 Å². The Hall–Kier alpha value is -3.01. The van der Waals surface area contributed by atoms with E-state index in [1.54, 1.807) is 48.5 Å². The Balaban J connectivity index is 1.88. The summed E-state index contributed by atoms with van der Waals surface area (Å²) in [5.74, 6) is -1.20. The van der Waals surface area contributed by atoms with Gasteiger partial charge in [-0.2, -0.15) is 4.31 Å². The van der Waals surface area contributed by atoms with Crippen molar-refractivity contribution < 1.29 is 31.8 Å². The van der Waals surface area contributed by atoms with Crippen LogP contribution < -0.4 is 9.47 Å². The summed E-state index contributed by atoms with van der Waals surface area (Å²) in [7, 11) is -1.04. The lowest BCUT2D eigenvalue weighted by atomic mass is 10.1. The number of sulfonamides is 1. The fraction of sp³-hybridized carbons (Fsp3) is 0.250. The van der Waals surface area contributed by atoms with E-state index in [0.29, 0.717) is 22.6 Å². The second-order valence-electron chi connectivity index (χ2n) is 7.42. The van der Waals surface area contributed by atoms with E-state index in [4.69, 9.17) is 9.47 Å². The average Bonchev–Trinajstić information content (AvgIpc) is 2.80. The Kier molecular flexibility index (Phi) is 8.01. The number of methoxy groups -OCH3 is 2. The third-order valence-corrected chi connectivity index (χ3v) is 6.90. The van der Waals surface area contributed by atoms with Crippen LogP contribution >= 0.6 is 0 Å². The molecule has 6 nitrogen and oxygen atoms in total. The predicted octanol–water partition coefficient (Wildman–Crippen LogP) is 4.05. The lowest BCUT2D eigenvalue weighted by molar-refractivity contribution is 0.193. The number of hydrogen-bond donors (Lipinski definition) is 1. The Bertz CT molecular complexity index is 1120. The molecule has 0 saturated carbocycles. The highest BCUT2D eigenvalue weighted by atomic mass is 32.2. The third-order valence-electron chi connectivity index (χ3n) is 5.11. The zero-order chi connectivity index (χ0) is 24.0. The second kappa shape index (κ2) is 10.7. The molecule has 0 spiro atoms. The number of hydrogen-bond acceptors (Lipinski definition) is 5. The van der Waals surface area contributed by atoms with Gasteiger partial charge in [0, 0.05) is 18.7 Å². The molecule has 1 atom stereocenters. The standard InChI is InChI=1S/C24H25F2NO5S/c1-31-20-8-3-17(4-9-20)14-27(15-18-5-10-21(32-2)11-6-18)33(29,30)16-24(28)22-13-19(25)7-12-23(22)26/h3-13,24,28H,14-16H2,1-2H3/t24-/m0/s1. The summed E-state index contributed by atoms with van der Waals surface area (Å²) in [4.78, 5) is 0. The van der Waals surface area contributed by atoms with Crippen molar-refractivity contribution >= 4 is 10.0 Å². The molecule has 9 heteroatoms. The smallest absolute Gasteiger partial charge is 0.217 e. The van der Waals surface area contributed by atoms with Crippen LogP contribution in [-0.4, -0.2) is 37.8 Å². The maximum Gasteiger partial charge on any atom is 0.217 e. The van der Waals surface area contributed by atoms with Gasteiger partial charge in [-0.1, -0.05) is 24.3 Å². The highest BCUT2D eigenvalue weighted by Crippen LogP contribution is 2.24. The molecule has 0 saturated heterocycles. The number of halogens is 2. The first-order valence-corrected chi connectivity index (χ1v) is 11.7. The maximum absolute atomic E-state index is 14.1. The molecule has 33 heavy (non-hydrogen) atoms. The average molecular weight is 478 g/mol. The van der Waals surface area contributed by atoms with Crippen molar-refractivity contribution in [2.75, 3.05) is 20.0 Å². The van der Waals surface area contributed by atoms with Gasteiger partial charge in [0.25, 0.3) is 0 Å². The van der Waals surface area contributed by atoms with Gasteiger partial charge in [-0.25, -0.2) is 17.2 Å². The van der Waals surface area contributed by atoms with Gasteiger partial charge < -0.3 is 14.6 Å². The minimum atomic E-state index is -4.10. The molecule has 0 heterocycles. The fourth-order valence-corrected chi connectivity index (χ4v) is 4.77. The van der Waals surface area contributed by atoms with Gasteiger partial charge in [-0.05, 0) is 53.6 Å². The summed E-state index contributed by atoms with van der Waals surface area (Å²) >= 11 is 0. The Morgan fingerprint density at radius 2 is 1.33 bits per heavy atom. The molecule has 0 aliphatic carbocycles. The van der Waals surface area contributed by atoms with E-state index >= 15 is 0 Å². The monoisotopic (exact) mass is 477 g/mol. The molecule has 0 bridgehead atoms. The van der Waals surface area contributed by atoms with Crippen molar-refractivity contribution in [3.8, 4) is 11.5 Å². The molecular formula is C24H25F2NO5S. The first-order chi connectivity index (χ1) is 15.7. The minimum absolute atomic E-state index is 0.0106. The molecule has 0 aliphatic rings. The molecule has 3 aromatic carbocycles. The van der Waals surface area contributed by atoms with E-state index in [0.717, 1.165) is 18.2 Å². The first-order valence-electron chi connectivity index (χ1n) is 10.1. The molecule has 0 amide bonds. The Morgan fingerprint density at radius 3 is 1.79 bits per heavy atom. The van der Waals surface area contributed by atoms with E-state index < -0.39 is 39.1 Å². The molecule has 0 aliphatic heterocycles. The lowest BCUT2D eigenvalue weighted by Crippen LogP contribution is -2.34. The van der Waals surface area contributed by atoms with Gasteiger partial charge in [0.05, 0.1) is 26.1 Å². The lowest BCUT2D eigenvalue weighted by Gasteiger charge is -2.24. The molecule has 0 radical (unpaired) electrons. The number of nitrogens with zero attached hydrogens (tertiary/aromatic N) is 1. The van der Waals surface area contributed by atoms with Crippen LogP contribution in [0.1, 0.15) is 22.8 Å².